The van der Waals surface area contributed by atoms with E-state index < -0.39 is 5.60 Å². The molecule has 210 valence electrons. The minimum absolute atomic E-state index is 0.126. The minimum Gasteiger partial charge on any atom is -0.444 e. The van der Waals surface area contributed by atoms with Crippen molar-refractivity contribution < 1.29 is 14.3 Å². The van der Waals surface area contributed by atoms with Crippen LogP contribution in [0.3, 0.4) is 0 Å². The van der Waals surface area contributed by atoms with Crippen molar-refractivity contribution in [3.05, 3.63) is 72.1 Å². The summed E-state index contributed by atoms with van der Waals surface area (Å²) in [6, 6.07) is 17.0. The van der Waals surface area contributed by atoms with E-state index in [-0.39, 0.29) is 12.0 Å². The van der Waals surface area contributed by atoms with Crippen molar-refractivity contribution in [2.24, 2.45) is 0 Å². The Kier molecular flexibility index (Phi) is 7.62. The van der Waals surface area contributed by atoms with Crippen LogP contribution in [0.15, 0.2) is 60.9 Å². The van der Waals surface area contributed by atoms with Crippen molar-refractivity contribution in [1.29, 1.82) is 5.26 Å². The van der Waals surface area contributed by atoms with Crippen LogP contribution < -0.4 is 9.80 Å². The Bertz CT molecular complexity index is 1610. The maximum Gasteiger partial charge on any atom is 0.410 e. The Morgan fingerprint density at radius 3 is 2.46 bits per heavy atom. The fourth-order valence-corrected chi connectivity index (χ4v) is 4.83. The zero-order valence-corrected chi connectivity index (χ0v) is 23.7. The third kappa shape index (κ3) is 5.99. The summed E-state index contributed by atoms with van der Waals surface area (Å²) in [5.74, 6) is 0.471. The summed E-state index contributed by atoms with van der Waals surface area (Å²) in [4.78, 5) is 43.6. The first-order chi connectivity index (χ1) is 19.7. The van der Waals surface area contributed by atoms with Crippen LogP contribution >= 0.6 is 0 Å². The van der Waals surface area contributed by atoms with Crippen LogP contribution in [0.25, 0.3) is 22.2 Å². The first-order valence-corrected chi connectivity index (χ1v) is 13.7. The highest BCUT2D eigenvalue weighted by atomic mass is 16.6. The number of benzene rings is 2. The molecular formula is C31H33N7O3. The number of carbonyl (C=O) groups excluding carboxylic acids is 2. The smallest absolute Gasteiger partial charge is 0.410 e. The Morgan fingerprint density at radius 1 is 1.07 bits per heavy atom. The van der Waals surface area contributed by atoms with E-state index >= 15 is 0 Å². The van der Waals surface area contributed by atoms with Crippen LogP contribution in [0, 0.1) is 11.3 Å². The lowest BCUT2D eigenvalue weighted by molar-refractivity contribution is 0.0240. The first kappa shape index (κ1) is 27.6. The van der Waals surface area contributed by atoms with Gasteiger partial charge in [0.1, 0.15) is 11.7 Å². The number of aromatic nitrogens is 3. The largest absolute Gasteiger partial charge is 0.444 e. The van der Waals surface area contributed by atoms with Gasteiger partial charge in [-0.05, 0) is 64.1 Å². The molecule has 2 aromatic carbocycles. The molecule has 1 fully saturated rings. The van der Waals surface area contributed by atoms with Crippen LogP contribution in [-0.4, -0.2) is 70.2 Å². The van der Waals surface area contributed by atoms with Crippen LogP contribution in [0.4, 0.5) is 16.4 Å². The third-order valence-corrected chi connectivity index (χ3v) is 6.94. The molecule has 1 N–H and O–H groups in total. The number of hydrogen-bond donors (Lipinski definition) is 1. The van der Waals surface area contributed by atoms with Gasteiger partial charge in [0.05, 0.1) is 11.3 Å². The lowest BCUT2D eigenvalue weighted by Crippen LogP contribution is -2.50. The molecule has 0 aliphatic carbocycles. The lowest BCUT2D eigenvalue weighted by atomic mass is 10.1. The van der Waals surface area contributed by atoms with Crippen molar-refractivity contribution >= 4 is 34.5 Å². The highest BCUT2D eigenvalue weighted by Gasteiger charge is 2.27. The highest BCUT2D eigenvalue weighted by Crippen LogP contribution is 2.27. The molecule has 2 amide bonds. The molecule has 0 radical (unpaired) electrons. The molecule has 0 spiro atoms. The molecule has 10 heteroatoms. The van der Waals surface area contributed by atoms with E-state index in [0.29, 0.717) is 49.8 Å². The van der Waals surface area contributed by atoms with Gasteiger partial charge >= 0.3 is 6.09 Å². The summed E-state index contributed by atoms with van der Waals surface area (Å²) in [5.41, 5.74) is 3.77. The normalized spacial score (nSPS) is 13.6. The quantitative estimate of drug-likeness (QED) is 0.361. The Hall–Kier alpha value is -4.91. The van der Waals surface area contributed by atoms with Gasteiger partial charge in [-0.25, -0.2) is 14.8 Å². The maximum absolute atomic E-state index is 13.4. The standard InChI is InChI=1S/C31H33N7O3/c1-5-38(24-10-11-27-25(18-24)23(19-32)20-34-27)28(39)22-8-6-21(7-9-22)26-12-13-33-29(35-26)36-14-16-37(17-15-36)30(40)41-31(2,3)4/h6-13,18,20,34H,5,14-17H2,1-4H3. The lowest BCUT2D eigenvalue weighted by Gasteiger charge is -2.35. The van der Waals surface area contributed by atoms with E-state index in [1.54, 1.807) is 34.3 Å². The summed E-state index contributed by atoms with van der Waals surface area (Å²) in [5, 5.41) is 10.2. The average Bonchev–Trinajstić information content (AvgIpc) is 3.39. The topological polar surface area (TPSA) is 118 Å². The summed E-state index contributed by atoms with van der Waals surface area (Å²) >= 11 is 0. The number of amides is 2. The van der Waals surface area contributed by atoms with E-state index in [1.807, 2.05) is 64.1 Å². The van der Waals surface area contributed by atoms with E-state index in [0.717, 1.165) is 27.8 Å². The minimum atomic E-state index is -0.528. The zero-order valence-electron chi connectivity index (χ0n) is 23.7. The molecule has 1 aliphatic rings. The van der Waals surface area contributed by atoms with Crippen LogP contribution in [-0.2, 0) is 4.74 Å². The first-order valence-electron chi connectivity index (χ1n) is 13.7. The molecule has 1 aliphatic heterocycles. The molecule has 0 bridgehead atoms. The van der Waals surface area contributed by atoms with Gasteiger partial charge in [-0.1, -0.05) is 12.1 Å². The highest BCUT2D eigenvalue weighted by molar-refractivity contribution is 6.07. The van der Waals surface area contributed by atoms with E-state index in [4.69, 9.17) is 9.72 Å². The van der Waals surface area contributed by atoms with Gasteiger partial charge in [-0.15, -0.1) is 0 Å². The predicted molar refractivity (Wildman–Crippen MR) is 158 cm³/mol. The molecule has 4 aromatic rings. The number of rotatable bonds is 5. The fourth-order valence-electron chi connectivity index (χ4n) is 4.83. The van der Waals surface area contributed by atoms with Gasteiger partial charge in [-0.3, -0.25) is 4.79 Å². The molecule has 10 nitrogen and oxygen atoms in total. The number of hydrogen-bond acceptors (Lipinski definition) is 7. The number of anilines is 2. The number of piperazine rings is 1. The second-order valence-corrected chi connectivity index (χ2v) is 10.9. The number of nitrogens with one attached hydrogen (secondary N) is 1. The van der Waals surface area contributed by atoms with Crippen LogP contribution in [0.2, 0.25) is 0 Å². The molecular weight excluding hydrogens is 518 g/mol. The number of ether oxygens (including phenoxy) is 1. The second-order valence-electron chi connectivity index (χ2n) is 10.9. The Morgan fingerprint density at radius 2 is 1.80 bits per heavy atom. The maximum atomic E-state index is 13.4. The molecule has 0 unspecified atom stereocenters. The summed E-state index contributed by atoms with van der Waals surface area (Å²) in [6.45, 7) is 10.3. The monoisotopic (exact) mass is 551 g/mol. The number of carbonyl (C=O) groups is 2. The van der Waals surface area contributed by atoms with Gasteiger partial charge < -0.3 is 24.4 Å². The molecule has 0 saturated carbocycles. The predicted octanol–water partition coefficient (Wildman–Crippen LogP) is 5.22. The fraction of sp³-hybridized carbons (Fsp3) is 0.323. The van der Waals surface area contributed by atoms with E-state index in [9.17, 15) is 14.9 Å². The molecule has 5 rings (SSSR count). The summed E-state index contributed by atoms with van der Waals surface area (Å²) in [7, 11) is 0. The number of aromatic amines is 1. The van der Waals surface area contributed by atoms with Gasteiger partial charge in [-0.2, -0.15) is 5.26 Å². The summed E-state index contributed by atoms with van der Waals surface area (Å²) < 4.78 is 5.49. The molecule has 1 saturated heterocycles. The van der Waals surface area contributed by atoms with Gasteiger partial charge in [0.15, 0.2) is 0 Å². The summed E-state index contributed by atoms with van der Waals surface area (Å²) in [6.07, 6.45) is 3.09. The number of nitrogens with zero attached hydrogens (tertiary/aromatic N) is 6. The zero-order chi connectivity index (χ0) is 29.1. The van der Waals surface area contributed by atoms with Gasteiger partial charge in [0, 0.05) is 72.8 Å². The molecule has 3 heterocycles. The van der Waals surface area contributed by atoms with Gasteiger partial charge in [0.2, 0.25) is 5.95 Å². The number of fused-ring (bicyclic) bond motifs is 1. The van der Waals surface area contributed by atoms with E-state index in [2.05, 4.69) is 20.9 Å². The second kappa shape index (κ2) is 11.3. The van der Waals surface area contributed by atoms with Crippen LogP contribution in [0.5, 0.6) is 0 Å². The molecule has 0 atom stereocenters. The van der Waals surface area contributed by atoms with E-state index in [1.165, 1.54) is 0 Å². The SMILES string of the molecule is CCN(C(=O)c1ccc(-c2ccnc(N3CCN(C(=O)OC(C)(C)C)CC3)n2)cc1)c1ccc2[nH]cc(C#N)c2c1. The van der Waals surface area contributed by atoms with Crippen molar-refractivity contribution in [2.75, 3.05) is 42.5 Å². The Labute approximate surface area is 239 Å². The average molecular weight is 552 g/mol. The number of nitriles is 1. The number of H-pyrrole nitrogens is 1. The Balaban J connectivity index is 1.28. The van der Waals surface area contributed by atoms with Crippen molar-refractivity contribution in [3.8, 4) is 17.3 Å². The van der Waals surface area contributed by atoms with Crippen molar-refractivity contribution in [1.82, 2.24) is 19.9 Å². The van der Waals surface area contributed by atoms with Gasteiger partial charge in [0.25, 0.3) is 5.91 Å². The molecule has 41 heavy (non-hydrogen) atoms. The van der Waals surface area contributed by atoms with Crippen molar-refractivity contribution in [3.63, 3.8) is 0 Å². The van der Waals surface area contributed by atoms with Crippen molar-refractivity contribution in [2.45, 2.75) is 33.3 Å². The molecule has 2 aromatic heterocycles. The van der Waals surface area contributed by atoms with Crippen LogP contribution in [0.1, 0.15) is 43.6 Å². The third-order valence-electron chi connectivity index (χ3n) is 6.94.